The highest BCUT2D eigenvalue weighted by Crippen LogP contribution is 2.18. The van der Waals surface area contributed by atoms with Gasteiger partial charge in [0.15, 0.2) is 5.96 Å². The molecule has 164 valence electrons. The van der Waals surface area contributed by atoms with Crippen molar-refractivity contribution in [1.82, 2.24) is 15.5 Å². The van der Waals surface area contributed by atoms with Crippen molar-refractivity contribution in [2.45, 2.75) is 26.2 Å². The molecular weight excluding hydrogens is 507 g/mol. The highest BCUT2D eigenvalue weighted by Gasteiger charge is 2.29. The van der Waals surface area contributed by atoms with E-state index in [1.165, 1.54) is 10.4 Å². The Labute approximate surface area is 201 Å². The zero-order valence-corrected chi connectivity index (χ0v) is 21.0. The van der Waals surface area contributed by atoms with Crippen LogP contribution in [0.3, 0.4) is 0 Å². The van der Waals surface area contributed by atoms with Gasteiger partial charge in [-0.2, -0.15) is 0 Å². The largest absolute Gasteiger partial charge is 0.356 e. The first kappa shape index (κ1) is 24.7. The number of aliphatic imine (C=N–C) groups is 1. The number of rotatable bonds is 9. The van der Waals surface area contributed by atoms with Crippen LogP contribution in [0.5, 0.6) is 0 Å². The first-order chi connectivity index (χ1) is 14.1. The maximum Gasteiger partial charge on any atom is 0.223 e. The van der Waals surface area contributed by atoms with Crippen molar-refractivity contribution in [2.75, 3.05) is 33.2 Å². The Morgan fingerprint density at radius 1 is 1.23 bits per heavy atom. The van der Waals surface area contributed by atoms with Crippen LogP contribution in [-0.2, 0) is 17.6 Å². The molecule has 1 saturated heterocycles. The van der Waals surface area contributed by atoms with Gasteiger partial charge in [0.1, 0.15) is 0 Å². The number of amides is 1. The molecule has 1 aromatic carbocycles. The maximum atomic E-state index is 12.3. The van der Waals surface area contributed by atoms with Gasteiger partial charge in [0.2, 0.25) is 5.91 Å². The third kappa shape index (κ3) is 7.91. The molecule has 1 fully saturated rings. The number of benzene rings is 1. The van der Waals surface area contributed by atoms with Crippen LogP contribution in [0.2, 0.25) is 0 Å². The summed E-state index contributed by atoms with van der Waals surface area (Å²) in [6, 6.07) is 14.7. The van der Waals surface area contributed by atoms with Gasteiger partial charge in [0.05, 0.1) is 0 Å². The van der Waals surface area contributed by atoms with Crippen LogP contribution in [0.4, 0.5) is 0 Å². The normalized spacial score (nSPS) is 17.5. The zero-order valence-electron chi connectivity index (χ0n) is 17.8. The van der Waals surface area contributed by atoms with E-state index in [4.69, 9.17) is 0 Å². The third-order valence-electron chi connectivity index (χ3n) is 5.34. The first-order valence-electron chi connectivity index (χ1n) is 10.4. The lowest BCUT2D eigenvalue weighted by Gasteiger charge is -2.19. The topological polar surface area (TPSA) is 56.7 Å². The maximum absolute atomic E-state index is 12.3. The van der Waals surface area contributed by atoms with Gasteiger partial charge in [-0.25, -0.2) is 0 Å². The van der Waals surface area contributed by atoms with Gasteiger partial charge in [0.25, 0.3) is 0 Å². The van der Waals surface area contributed by atoms with Gasteiger partial charge in [-0.3, -0.25) is 9.79 Å². The fourth-order valence-corrected chi connectivity index (χ4v) is 4.56. The average molecular weight is 541 g/mol. The van der Waals surface area contributed by atoms with Crippen molar-refractivity contribution < 1.29 is 4.79 Å². The smallest absolute Gasteiger partial charge is 0.223 e. The molecule has 0 aliphatic carbocycles. The molecule has 0 saturated carbocycles. The molecule has 1 aromatic heterocycles. The molecule has 2 heterocycles. The summed E-state index contributed by atoms with van der Waals surface area (Å²) in [5.74, 6) is 1.95. The monoisotopic (exact) mass is 540 g/mol. The van der Waals surface area contributed by atoms with Crippen molar-refractivity contribution in [3.05, 3.63) is 58.3 Å². The fraction of sp³-hybridized carbons (Fsp3) is 0.478. The van der Waals surface area contributed by atoms with Gasteiger partial charge in [-0.15, -0.1) is 35.3 Å². The van der Waals surface area contributed by atoms with Crippen molar-refractivity contribution in [3.63, 3.8) is 0 Å². The fourth-order valence-electron chi connectivity index (χ4n) is 3.69. The Bertz CT molecular complexity index is 782. The Balaban J connectivity index is 0.00000320. The summed E-state index contributed by atoms with van der Waals surface area (Å²) >= 11 is 1.81. The number of carbonyl (C=O) groups excluding carboxylic acids is 1. The Morgan fingerprint density at radius 2 is 2.03 bits per heavy atom. The SMILES string of the molecule is CN=C(NCC(C)Cc1cccs1)NCC1CC(=O)N(CCc2ccccc2)C1.I. The molecule has 2 unspecified atom stereocenters. The van der Waals surface area contributed by atoms with Crippen molar-refractivity contribution in [3.8, 4) is 0 Å². The number of nitrogens with one attached hydrogen (secondary N) is 2. The molecule has 0 radical (unpaired) electrons. The van der Waals surface area contributed by atoms with Gasteiger partial charge >= 0.3 is 0 Å². The van der Waals surface area contributed by atoms with E-state index in [1.807, 2.05) is 34.4 Å². The van der Waals surface area contributed by atoms with E-state index >= 15 is 0 Å². The minimum Gasteiger partial charge on any atom is -0.356 e. The lowest BCUT2D eigenvalue weighted by atomic mass is 10.1. The van der Waals surface area contributed by atoms with Crippen LogP contribution in [0.15, 0.2) is 52.8 Å². The molecule has 2 atom stereocenters. The molecule has 1 aliphatic heterocycles. The molecule has 2 N–H and O–H groups in total. The number of halogens is 1. The number of likely N-dealkylation sites (tertiary alicyclic amines) is 1. The third-order valence-corrected chi connectivity index (χ3v) is 6.24. The summed E-state index contributed by atoms with van der Waals surface area (Å²) in [7, 11) is 1.80. The molecule has 30 heavy (non-hydrogen) atoms. The summed E-state index contributed by atoms with van der Waals surface area (Å²) in [5, 5.41) is 8.95. The van der Waals surface area contributed by atoms with Crippen LogP contribution in [-0.4, -0.2) is 50.0 Å². The predicted octanol–water partition coefficient (Wildman–Crippen LogP) is 3.80. The minimum absolute atomic E-state index is 0. The summed E-state index contributed by atoms with van der Waals surface area (Å²) in [6.07, 6.45) is 2.61. The number of guanidine groups is 1. The second-order valence-corrected chi connectivity index (χ2v) is 8.90. The lowest BCUT2D eigenvalue weighted by molar-refractivity contribution is -0.127. The van der Waals surface area contributed by atoms with Crippen LogP contribution in [0, 0.1) is 11.8 Å². The first-order valence-corrected chi connectivity index (χ1v) is 11.3. The van der Waals surface area contributed by atoms with E-state index in [1.54, 1.807) is 7.05 Å². The van der Waals surface area contributed by atoms with Crippen LogP contribution < -0.4 is 10.6 Å². The van der Waals surface area contributed by atoms with Crippen molar-refractivity contribution in [1.29, 1.82) is 0 Å². The van der Waals surface area contributed by atoms with Gasteiger partial charge in [-0.1, -0.05) is 43.3 Å². The molecule has 1 amide bonds. The van der Waals surface area contributed by atoms with Crippen LogP contribution >= 0.6 is 35.3 Å². The molecule has 0 bridgehead atoms. The molecule has 3 rings (SSSR count). The molecule has 5 nitrogen and oxygen atoms in total. The Morgan fingerprint density at radius 3 is 2.73 bits per heavy atom. The highest BCUT2D eigenvalue weighted by molar-refractivity contribution is 14.0. The van der Waals surface area contributed by atoms with Crippen LogP contribution in [0.1, 0.15) is 23.8 Å². The number of thiophene rings is 1. The number of hydrogen-bond acceptors (Lipinski definition) is 3. The van der Waals surface area contributed by atoms with E-state index in [2.05, 4.69) is 52.2 Å². The van der Waals surface area contributed by atoms with Crippen molar-refractivity contribution in [2.24, 2.45) is 16.8 Å². The van der Waals surface area contributed by atoms with Crippen molar-refractivity contribution >= 4 is 47.2 Å². The zero-order chi connectivity index (χ0) is 20.5. The van der Waals surface area contributed by atoms with Gasteiger partial charge < -0.3 is 15.5 Å². The molecular formula is C23H33IN4OS. The number of carbonyl (C=O) groups is 1. The lowest BCUT2D eigenvalue weighted by Crippen LogP contribution is -2.42. The minimum atomic E-state index is 0. The number of nitrogens with zero attached hydrogens (tertiary/aromatic N) is 2. The summed E-state index contributed by atoms with van der Waals surface area (Å²) in [5.41, 5.74) is 1.28. The van der Waals surface area contributed by atoms with E-state index in [0.29, 0.717) is 18.3 Å². The summed E-state index contributed by atoms with van der Waals surface area (Å²) < 4.78 is 0. The molecule has 2 aromatic rings. The van der Waals surface area contributed by atoms with E-state index < -0.39 is 0 Å². The Kier molecular flexibility index (Phi) is 10.6. The average Bonchev–Trinajstić information content (AvgIpc) is 3.36. The highest BCUT2D eigenvalue weighted by atomic mass is 127. The van der Waals surface area contributed by atoms with Gasteiger partial charge in [-0.05, 0) is 35.8 Å². The van der Waals surface area contributed by atoms with E-state index in [0.717, 1.165) is 45.0 Å². The molecule has 0 spiro atoms. The standard InChI is InChI=1S/C23H32N4OS.HI/c1-18(13-21-9-6-12-29-21)15-25-23(24-2)26-16-20-14-22(28)27(17-20)11-10-19-7-4-3-5-8-19;/h3-9,12,18,20H,10-11,13-17H2,1-2H3,(H2,24,25,26);1H. The second-order valence-electron chi connectivity index (χ2n) is 7.87. The summed E-state index contributed by atoms with van der Waals surface area (Å²) in [6.45, 7) is 5.52. The predicted molar refractivity (Wildman–Crippen MR) is 137 cm³/mol. The number of hydrogen-bond donors (Lipinski definition) is 2. The molecule has 1 aliphatic rings. The van der Waals surface area contributed by atoms with Gasteiger partial charge in [0, 0.05) is 50.4 Å². The van der Waals surface area contributed by atoms with E-state index in [9.17, 15) is 4.79 Å². The van der Waals surface area contributed by atoms with Crippen LogP contribution in [0.25, 0.3) is 0 Å². The summed E-state index contributed by atoms with van der Waals surface area (Å²) in [4.78, 5) is 20.1. The quantitative estimate of drug-likeness (QED) is 0.289. The second kappa shape index (κ2) is 12.9. The Hall–Kier alpha value is -1.61. The molecule has 7 heteroatoms. The van der Waals surface area contributed by atoms with E-state index in [-0.39, 0.29) is 29.9 Å².